The SMILES string of the molecule is CCCCC(NCC(C)OC)c1ccc(F)cc1. The molecule has 0 amide bonds. The van der Waals surface area contributed by atoms with Gasteiger partial charge in [-0.15, -0.1) is 0 Å². The smallest absolute Gasteiger partial charge is 0.123 e. The van der Waals surface area contributed by atoms with Crippen molar-refractivity contribution >= 4 is 0 Å². The zero-order chi connectivity index (χ0) is 13.4. The molecule has 102 valence electrons. The molecule has 1 aromatic rings. The Balaban J connectivity index is 2.62. The minimum Gasteiger partial charge on any atom is -0.380 e. The first-order chi connectivity index (χ1) is 8.67. The van der Waals surface area contributed by atoms with Crippen molar-refractivity contribution < 1.29 is 9.13 Å². The fraction of sp³-hybridized carbons (Fsp3) is 0.600. The highest BCUT2D eigenvalue weighted by atomic mass is 19.1. The predicted molar refractivity (Wildman–Crippen MR) is 73.1 cm³/mol. The van der Waals surface area contributed by atoms with Crippen LogP contribution in [-0.4, -0.2) is 19.8 Å². The van der Waals surface area contributed by atoms with Gasteiger partial charge in [0.2, 0.25) is 0 Å². The van der Waals surface area contributed by atoms with E-state index in [4.69, 9.17) is 4.74 Å². The Morgan fingerprint density at radius 1 is 1.28 bits per heavy atom. The molecular formula is C15H24FNO. The molecule has 0 aliphatic rings. The third-order valence-electron chi connectivity index (χ3n) is 3.17. The van der Waals surface area contributed by atoms with E-state index in [0.29, 0.717) is 0 Å². The first-order valence-corrected chi connectivity index (χ1v) is 6.69. The normalized spacial score (nSPS) is 14.4. The lowest BCUT2D eigenvalue weighted by atomic mass is 10.0. The lowest BCUT2D eigenvalue weighted by Gasteiger charge is -2.21. The number of methoxy groups -OCH3 is 1. The van der Waals surface area contributed by atoms with E-state index < -0.39 is 0 Å². The summed E-state index contributed by atoms with van der Waals surface area (Å²) in [5.41, 5.74) is 1.15. The summed E-state index contributed by atoms with van der Waals surface area (Å²) in [6, 6.07) is 7.05. The minimum atomic E-state index is -0.182. The van der Waals surface area contributed by atoms with Crippen molar-refractivity contribution in [3.8, 4) is 0 Å². The third-order valence-corrected chi connectivity index (χ3v) is 3.17. The predicted octanol–water partition coefficient (Wildman–Crippen LogP) is 3.68. The highest BCUT2D eigenvalue weighted by Gasteiger charge is 2.11. The molecule has 2 atom stereocenters. The quantitative estimate of drug-likeness (QED) is 0.763. The van der Waals surface area contributed by atoms with Crippen molar-refractivity contribution in [1.82, 2.24) is 5.32 Å². The van der Waals surface area contributed by atoms with Gasteiger partial charge >= 0.3 is 0 Å². The molecule has 0 aromatic heterocycles. The van der Waals surface area contributed by atoms with Gasteiger partial charge in [-0.3, -0.25) is 0 Å². The molecule has 0 spiro atoms. The van der Waals surface area contributed by atoms with E-state index in [1.165, 1.54) is 18.6 Å². The molecule has 2 unspecified atom stereocenters. The number of benzene rings is 1. The maximum absolute atomic E-state index is 12.9. The lowest BCUT2D eigenvalue weighted by Crippen LogP contribution is -2.30. The van der Waals surface area contributed by atoms with Crippen LogP contribution in [0.1, 0.15) is 44.7 Å². The van der Waals surface area contributed by atoms with Crippen molar-refractivity contribution in [2.75, 3.05) is 13.7 Å². The molecule has 0 aliphatic carbocycles. The topological polar surface area (TPSA) is 21.3 Å². The van der Waals surface area contributed by atoms with Crippen molar-refractivity contribution in [1.29, 1.82) is 0 Å². The van der Waals surface area contributed by atoms with Gasteiger partial charge in [0.25, 0.3) is 0 Å². The third kappa shape index (κ3) is 5.15. The van der Waals surface area contributed by atoms with E-state index in [2.05, 4.69) is 12.2 Å². The standard InChI is InChI=1S/C15H24FNO/c1-4-5-6-15(17-11-12(2)18-3)13-7-9-14(16)10-8-13/h7-10,12,15,17H,4-6,11H2,1-3H3. The number of ether oxygens (including phenoxy) is 1. The van der Waals surface area contributed by atoms with Gasteiger partial charge in [-0.25, -0.2) is 4.39 Å². The highest BCUT2D eigenvalue weighted by Crippen LogP contribution is 2.19. The van der Waals surface area contributed by atoms with Crippen LogP contribution in [0, 0.1) is 5.82 Å². The van der Waals surface area contributed by atoms with Gasteiger partial charge in [-0.1, -0.05) is 31.9 Å². The second-order valence-electron chi connectivity index (χ2n) is 4.70. The molecule has 0 bridgehead atoms. The van der Waals surface area contributed by atoms with Crippen LogP contribution < -0.4 is 5.32 Å². The van der Waals surface area contributed by atoms with Crippen LogP contribution in [0.25, 0.3) is 0 Å². The molecule has 1 rings (SSSR count). The fourth-order valence-corrected chi connectivity index (χ4v) is 1.88. The molecule has 0 saturated heterocycles. The van der Waals surface area contributed by atoms with Gasteiger partial charge in [-0.2, -0.15) is 0 Å². The first kappa shape index (κ1) is 15.1. The summed E-state index contributed by atoms with van der Waals surface area (Å²) in [7, 11) is 1.71. The Kier molecular flexibility index (Phi) is 6.91. The van der Waals surface area contributed by atoms with Gasteiger partial charge in [0.1, 0.15) is 5.82 Å². The highest BCUT2D eigenvalue weighted by molar-refractivity contribution is 5.19. The summed E-state index contributed by atoms with van der Waals surface area (Å²) < 4.78 is 18.2. The molecule has 18 heavy (non-hydrogen) atoms. The maximum Gasteiger partial charge on any atom is 0.123 e. The molecule has 0 heterocycles. The van der Waals surface area contributed by atoms with Gasteiger partial charge in [0.15, 0.2) is 0 Å². The van der Waals surface area contributed by atoms with Crippen LogP contribution in [0.2, 0.25) is 0 Å². The number of nitrogens with one attached hydrogen (secondary N) is 1. The van der Waals surface area contributed by atoms with E-state index in [1.807, 2.05) is 19.1 Å². The summed E-state index contributed by atoms with van der Waals surface area (Å²) in [4.78, 5) is 0. The molecule has 0 radical (unpaired) electrons. The summed E-state index contributed by atoms with van der Waals surface area (Å²) in [5.74, 6) is -0.182. The van der Waals surface area contributed by atoms with Gasteiger partial charge in [0.05, 0.1) is 6.10 Å². The molecule has 1 aromatic carbocycles. The molecule has 2 nitrogen and oxygen atoms in total. The Morgan fingerprint density at radius 3 is 2.50 bits per heavy atom. The van der Waals surface area contributed by atoms with E-state index in [9.17, 15) is 4.39 Å². The van der Waals surface area contributed by atoms with Crippen LogP contribution in [0.15, 0.2) is 24.3 Å². The number of unbranched alkanes of at least 4 members (excludes halogenated alkanes) is 1. The summed E-state index contributed by atoms with van der Waals surface area (Å²) in [6.07, 6.45) is 3.59. The van der Waals surface area contributed by atoms with Crippen LogP contribution in [0.4, 0.5) is 4.39 Å². The Hall–Kier alpha value is -0.930. The Labute approximate surface area is 110 Å². The fourth-order valence-electron chi connectivity index (χ4n) is 1.88. The number of hydrogen-bond acceptors (Lipinski definition) is 2. The van der Waals surface area contributed by atoms with Crippen molar-refractivity contribution in [2.24, 2.45) is 0 Å². The average Bonchev–Trinajstić information content (AvgIpc) is 2.40. The molecule has 0 fully saturated rings. The van der Waals surface area contributed by atoms with E-state index >= 15 is 0 Å². The van der Waals surface area contributed by atoms with Gasteiger partial charge in [-0.05, 0) is 31.0 Å². The number of rotatable bonds is 8. The van der Waals surface area contributed by atoms with Gasteiger partial charge < -0.3 is 10.1 Å². The molecule has 0 saturated carbocycles. The zero-order valence-electron chi connectivity index (χ0n) is 11.6. The largest absolute Gasteiger partial charge is 0.380 e. The van der Waals surface area contributed by atoms with E-state index in [-0.39, 0.29) is 18.0 Å². The minimum absolute atomic E-state index is 0.182. The zero-order valence-corrected chi connectivity index (χ0v) is 11.6. The molecular weight excluding hydrogens is 229 g/mol. The van der Waals surface area contributed by atoms with Gasteiger partial charge in [0, 0.05) is 19.7 Å². The monoisotopic (exact) mass is 253 g/mol. The van der Waals surface area contributed by atoms with Crippen molar-refractivity contribution in [3.05, 3.63) is 35.6 Å². The van der Waals surface area contributed by atoms with E-state index in [0.717, 1.165) is 24.9 Å². The summed E-state index contributed by atoms with van der Waals surface area (Å²) in [6.45, 7) is 5.02. The van der Waals surface area contributed by atoms with Crippen LogP contribution in [-0.2, 0) is 4.74 Å². The maximum atomic E-state index is 12.9. The Bertz CT molecular complexity index is 326. The number of hydrogen-bond donors (Lipinski definition) is 1. The summed E-state index contributed by atoms with van der Waals surface area (Å²) >= 11 is 0. The Morgan fingerprint density at radius 2 is 1.94 bits per heavy atom. The van der Waals surface area contributed by atoms with Crippen LogP contribution in [0.3, 0.4) is 0 Å². The average molecular weight is 253 g/mol. The first-order valence-electron chi connectivity index (χ1n) is 6.69. The van der Waals surface area contributed by atoms with Crippen molar-refractivity contribution in [3.63, 3.8) is 0 Å². The lowest BCUT2D eigenvalue weighted by molar-refractivity contribution is 0.114. The summed E-state index contributed by atoms with van der Waals surface area (Å²) in [5, 5.41) is 3.49. The second kappa shape index (κ2) is 8.22. The van der Waals surface area contributed by atoms with Crippen LogP contribution in [0.5, 0.6) is 0 Å². The van der Waals surface area contributed by atoms with E-state index in [1.54, 1.807) is 7.11 Å². The molecule has 3 heteroatoms. The van der Waals surface area contributed by atoms with Crippen LogP contribution >= 0.6 is 0 Å². The molecule has 1 N–H and O–H groups in total. The second-order valence-corrected chi connectivity index (χ2v) is 4.70. The van der Waals surface area contributed by atoms with Crippen molar-refractivity contribution in [2.45, 2.75) is 45.3 Å². The number of halogens is 1. The molecule has 0 aliphatic heterocycles.